The van der Waals surface area contributed by atoms with Gasteiger partial charge in [-0.3, -0.25) is 9.59 Å². The van der Waals surface area contributed by atoms with Crippen LogP contribution in [-0.2, 0) is 19.1 Å². The second kappa shape index (κ2) is 10.8. The summed E-state index contributed by atoms with van der Waals surface area (Å²) in [5.41, 5.74) is 0. The van der Waals surface area contributed by atoms with E-state index in [0.717, 1.165) is 0 Å². The average Bonchev–Trinajstić information content (AvgIpc) is 2.28. The van der Waals surface area contributed by atoms with Gasteiger partial charge < -0.3 is 9.47 Å². The molecule has 0 aliphatic carbocycles. The van der Waals surface area contributed by atoms with Crippen molar-refractivity contribution in [3.8, 4) is 0 Å². The molecule has 0 spiro atoms. The van der Waals surface area contributed by atoms with Crippen LogP contribution in [0.5, 0.6) is 0 Å². The number of rotatable bonds is 5. The van der Waals surface area contributed by atoms with Gasteiger partial charge in [0, 0.05) is 12.8 Å². The van der Waals surface area contributed by atoms with E-state index in [1.807, 2.05) is 0 Å². The number of hydrogen-bond donors (Lipinski definition) is 0. The molecular weight excluding hydrogens is 196 g/mol. The highest BCUT2D eigenvalue weighted by atomic mass is 16.6. The summed E-state index contributed by atoms with van der Waals surface area (Å²) < 4.78 is 9.66. The highest BCUT2D eigenvalue weighted by Gasteiger charge is 2.09. The molecule has 1 unspecified atom stereocenters. The second-order valence-corrected chi connectivity index (χ2v) is 2.69. The maximum absolute atomic E-state index is 10.8. The third kappa shape index (κ3) is 10.6. The molecular formula is C11H20O4. The van der Waals surface area contributed by atoms with E-state index in [2.05, 4.69) is 13.2 Å². The Bertz CT molecular complexity index is 189. The summed E-state index contributed by atoms with van der Waals surface area (Å²) in [6, 6.07) is 0. The summed E-state index contributed by atoms with van der Waals surface area (Å²) >= 11 is 0. The van der Waals surface area contributed by atoms with Crippen LogP contribution < -0.4 is 0 Å². The van der Waals surface area contributed by atoms with Gasteiger partial charge in [-0.25, -0.2) is 0 Å². The fraction of sp³-hybridized carbons (Fsp3) is 0.636. The van der Waals surface area contributed by atoms with Crippen molar-refractivity contribution in [1.29, 1.82) is 0 Å². The van der Waals surface area contributed by atoms with Crippen LogP contribution in [0.25, 0.3) is 0 Å². The number of carbonyl (C=O) groups is 2. The van der Waals surface area contributed by atoms with Crippen LogP contribution in [0, 0.1) is 0 Å². The van der Waals surface area contributed by atoms with Gasteiger partial charge >= 0.3 is 11.9 Å². The number of carbonyl (C=O) groups excluding carboxylic acids is 2. The smallest absolute Gasteiger partial charge is 0.305 e. The summed E-state index contributed by atoms with van der Waals surface area (Å²) in [5, 5.41) is 0. The molecule has 0 aliphatic heterocycles. The Kier molecular flexibility index (Phi) is 11.6. The van der Waals surface area contributed by atoms with Gasteiger partial charge in [0.1, 0.15) is 12.7 Å². The zero-order valence-electron chi connectivity index (χ0n) is 9.75. The lowest BCUT2D eigenvalue weighted by Gasteiger charge is -2.12. The van der Waals surface area contributed by atoms with E-state index in [0.29, 0.717) is 12.8 Å². The fourth-order valence-electron chi connectivity index (χ4n) is 0.654. The molecule has 0 amide bonds. The predicted molar refractivity (Wildman–Crippen MR) is 58.3 cm³/mol. The summed E-state index contributed by atoms with van der Waals surface area (Å²) in [6.45, 7) is 11.3. The van der Waals surface area contributed by atoms with Crippen molar-refractivity contribution in [2.75, 3.05) is 6.61 Å². The van der Waals surface area contributed by atoms with Crippen LogP contribution in [-0.4, -0.2) is 24.6 Å². The number of ether oxygens (including phenoxy) is 2. The Morgan fingerprint density at radius 2 is 1.60 bits per heavy atom. The second-order valence-electron chi connectivity index (χ2n) is 2.69. The Balaban J connectivity index is 0. The molecule has 0 bridgehead atoms. The molecule has 15 heavy (non-hydrogen) atoms. The molecule has 0 aromatic heterocycles. The fourth-order valence-corrected chi connectivity index (χ4v) is 0.654. The lowest BCUT2D eigenvalue weighted by Crippen LogP contribution is -2.21. The topological polar surface area (TPSA) is 52.6 Å². The molecule has 0 aromatic rings. The van der Waals surface area contributed by atoms with Crippen LogP contribution in [0.3, 0.4) is 0 Å². The SMILES string of the molecule is C=C.CCC(=O)OCC(C)OC(=O)CC. The molecule has 4 heteroatoms. The van der Waals surface area contributed by atoms with Gasteiger partial charge in [-0.1, -0.05) is 13.8 Å². The first-order chi connectivity index (χ1) is 7.10. The Labute approximate surface area is 91.3 Å². The molecule has 0 aliphatic rings. The molecule has 0 heterocycles. The van der Waals surface area contributed by atoms with E-state index < -0.39 is 0 Å². The molecule has 88 valence electrons. The minimum atomic E-state index is -0.358. The molecule has 0 radical (unpaired) electrons. The van der Waals surface area contributed by atoms with Gasteiger partial charge in [-0.05, 0) is 6.92 Å². The average molecular weight is 216 g/mol. The first kappa shape index (κ1) is 16.1. The maximum Gasteiger partial charge on any atom is 0.305 e. The van der Waals surface area contributed by atoms with E-state index in [-0.39, 0.29) is 24.6 Å². The van der Waals surface area contributed by atoms with Crippen LogP contribution in [0.2, 0.25) is 0 Å². The Hall–Kier alpha value is -1.32. The molecule has 0 saturated carbocycles. The van der Waals surface area contributed by atoms with Crippen molar-refractivity contribution in [1.82, 2.24) is 0 Å². The van der Waals surface area contributed by atoms with Crippen molar-refractivity contribution < 1.29 is 19.1 Å². The van der Waals surface area contributed by atoms with Crippen molar-refractivity contribution in [3.05, 3.63) is 13.2 Å². The van der Waals surface area contributed by atoms with Crippen molar-refractivity contribution in [2.45, 2.75) is 39.7 Å². The lowest BCUT2D eigenvalue weighted by molar-refractivity contribution is -0.157. The standard InChI is InChI=1S/C9H16O4.C2H4/c1-4-8(10)12-6-7(3)13-9(11)5-2;1-2/h7H,4-6H2,1-3H3;1-2H2. The first-order valence-electron chi connectivity index (χ1n) is 4.95. The van der Waals surface area contributed by atoms with Crippen LogP contribution in [0.4, 0.5) is 0 Å². The summed E-state index contributed by atoms with van der Waals surface area (Å²) in [5.74, 6) is -0.556. The third-order valence-electron chi connectivity index (χ3n) is 1.39. The van der Waals surface area contributed by atoms with E-state index in [4.69, 9.17) is 9.47 Å². The number of hydrogen-bond acceptors (Lipinski definition) is 4. The van der Waals surface area contributed by atoms with Crippen molar-refractivity contribution >= 4 is 11.9 Å². The summed E-state index contributed by atoms with van der Waals surface area (Å²) in [6.07, 6.45) is 0.323. The van der Waals surface area contributed by atoms with Gasteiger partial charge in [-0.2, -0.15) is 0 Å². The zero-order valence-corrected chi connectivity index (χ0v) is 9.75. The Morgan fingerprint density at radius 1 is 1.13 bits per heavy atom. The molecule has 0 saturated heterocycles. The van der Waals surface area contributed by atoms with Gasteiger partial charge in [0.15, 0.2) is 0 Å². The molecule has 0 fully saturated rings. The normalized spacial score (nSPS) is 10.6. The van der Waals surface area contributed by atoms with Crippen LogP contribution in [0.15, 0.2) is 13.2 Å². The minimum Gasteiger partial charge on any atom is -0.462 e. The summed E-state index contributed by atoms with van der Waals surface area (Å²) in [7, 11) is 0. The van der Waals surface area contributed by atoms with Crippen molar-refractivity contribution in [2.24, 2.45) is 0 Å². The summed E-state index contributed by atoms with van der Waals surface area (Å²) in [4.78, 5) is 21.5. The minimum absolute atomic E-state index is 0.137. The predicted octanol–water partition coefficient (Wildman–Crippen LogP) is 2.08. The van der Waals surface area contributed by atoms with Gasteiger partial charge in [0.2, 0.25) is 0 Å². The van der Waals surface area contributed by atoms with Gasteiger partial charge in [0.05, 0.1) is 0 Å². The lowest BCUT2D eigenvalue weighted by atomic mass is 10.4. The Morgan fingerprint density at radius 3 is 2.00 bits per heavy atom. The van der Waals surface area contributed by atoms with E-state index in [9.17, 15) is 9.59 Å². The van der Waals surface area contributed by atoms with E-state index >= 15 is 0 Å². The van der Waals surface area contributed by atoms with Crippen molar-refractivity contribution in [3.63, 3.8) is 0 Å². The number of esters is 2. The van der Waals surface area contributed by atoms with Gasteiger partial charge in [0.25, 0.3) is 0 Å². The van der Waals surface area contributed by atoms with E-state index in [1.165, 1.54) is 0 Å². The largest absolute Gasteiger partial charge is 0.462 e. The quantitative estimate of drug-likeness (QED) is 0.521. The highest BCUT2D eigenvalue weighted by Crippen LogP contribution is 1.96. The van der Waals surface area contributed by atoms with Crippen LogP contribution >= 0.6 is 0 Å². The first-order valence-corrected chi connectivity index (χ1v) is 4.95. The third-order valence-corrected chi connectivity index (χ3v) is 1.39. The molecule has 0 N–H and O–H groups in total. The molecule has 1 atom stereocenters. The molecule has 0 rings (SSSR count). The molecule has 4 nitrogen and oxygen atoms in total. The van der Waals surface area contributed by atoms with Gasteiger partial charge in [-0.15, -0.1) is 13.2 Å². The molecule has 0 aromatic carbocycles. The zero-order chi connectivity index (χ0) is 12.3. The highest BCUT2D eigenvalue weighted by molar-refractivity contribution is 5.69. The monoisotopic (exact) mass is 216 g/mol. The van der Waals surface area contributed by atoms with E-state index in [1.54, 1.807) is 20.8 Å². The van der Waals surface area contributed by atoms with Crippen LogP contribution in [0.1, 0.15) is 33.6 Å². The maximum atomic E-state index is 10.8.